The summed E-state index contributed by atoms with van der Waals surface area (Å²) in [4.78, 5) is 53.4. The molecular formula is C36H42N4O9S. The van der Waals surface area contributed by atoms with Crippen molar-refractivity contribution in [3.05, 3.63) is 100.0 Å². The first-order valence-electron chi connectivity index (χ1n) is 15.9. The molecular weight excluding hydrogens is 664 g/mol. The van der Waals surface area contributed by atoms with E-state index in [1.54, 1.807) is 89.3 Å². The smallest absolute Gasteiger partial charge is 0.411 e. The minimum absolute atomic E-state index is 0.00543. The zero-order chi connectivity index (χ0) is 36.8. The van der Waals surface area contributed by atoms with Crippen molar-refractivity contribution in [3.63, 3.8) is 0 Å². The van der Waals surface area contributed by atoms with E-state index < -0.39 is 44.9 Å². The van der Waals surface area contributed by atoms with Crippen LogP contribution in [0, 0.1) is 0 Å². The van der Waals surface area contributed by atoms with Crippen molar-refractivity contribution in [3.8, 4) is 0 Å². The molecule has 1 atom stereocenters. The van der Waals surface area contributed by atoms with Crippen LogP contribution < -0.4 is 16.2 Å². The number of aromatic amines is 1. The van der Waals surface area contributed by atoms with Gasteiger partial charge in [-0.15, -0.1) is 0 Å². The molecule has 50 heavy (non-hydrogen) atoms. The lowest BCUT2D eigenvalue weighted by molar-refractivity contribution is -0.138. The number of ether oxygens (including phenoxy) is 2. The highest BCUT2D eigenvalue weighted by Crippen LogP contribution is 2.27. The number of H-pyrrole nitrogens is 1. The molecule has 0 bridgehead atoms. The molecule has 266 valence electrons. The number of fused-ring (bicyclic) bond motifs is 1. The van der Waals surface area contributed by atoms with E-state index in [0.29, 0.717) is 28.6 Å². The predicted octanol–water partition coefficient (Wildman–Crippen LogP) is 6.11. The average molecular weight is 707 g/mol. The summed E-state index contributed by atoms with van der Waals surface area (Å²) < 4.78 is 36.9. The first-order valence-corrected chi connectivity index (χ1v) is 17.4. The van der Waals surface area contributed by atoms with Crippen LogP contribution in [0.1, 0.15) is 57.4 Å². The molecule has 1 unspecified atom stereocenters. The Balaban J connectivity index is 1.38. The van der Waals surface area contributed by atoms with Crippen molar-refractivity contribution in [2.45, 2.75) is 69.4 Å². The molecule has 0 radical (unpaired) electrons. The van der Waals surface area contributed by atoms with Crippen LogP contribution in [0.2, 0.25) is 0 Å². The van der Waals surface area contributed by atoms with Crippen LogP contribution in [0.15, 0.2) is 82.6 Å². The number of nitrogens with zero attached hydrogens (tertiary/aromatic N) is 1. The molecule has 13 nitrogen and oxygen atoms in total. The van der Waals surface area contributed by atoms with Crippen molar-refractivity contribution in [2.75, 3.05) is 24.3 Å². The lowest BCUT2D eigenvalue weighted by atomic mass is 10.0. The number of rotatable bonds is 12. The summed E-state index contributed by atoms with van der Waals surface area (Å²) >= 11 is 0. The fourth-order valence-corrected chi connectivity index (χ4v) is 6.25. The van der Waals surface area contributed by atoms with Crippen LogP contribution in [-0.4, -0.2) is 66.1 Å². The Morgan fingerprint density at radius 2 is 1.64 bits per heavy atom. The van der Waals surface area contributed by atoms with Crippen LogP contribution in [0.4, 0.5) is 21.0 Å². The molecule has 0 aliphatic rings. The molecule has 0 aliphatic heterocycles. The van der Waals surface area contributed by atoms with Gasteiger partial charge in [0, 0.05) is 36.4 Å². The number of hydrogen-bond donors (Lipinski definition) is 4. The van der Waals surface area contributed by atoms with Crippen LogP contribution in [0.25, 0.3) is 10.8 Å². The summed E-state index contributed by atoms with van der Waals surface area (Å²) in [6.07, 6.45) is 0.487. The molecule has 14 heteroatoms. The van der Waals surface area contributed by atoms with Gasteiger partial charge in [-0.1, -0.05) is 30.3 Å². The van der Waals surface area contributed by atoms with Gasteiger partial charge in [-0.05, 0) is 93.1 Å². The third-order valence-corrected chi connectivity index (χ3v) is 9.87. The molecule has 2 amide bonds. The fraction of sp³-hybridized carbons (Fsp3) is 0.333. The second kappa shape index (κ2) is 15.5. The van der Waals surface area contributed by atoms with Crippen LogP contribution in [0.3, 0.4) is 0 Å². The summed E-state index contributed by atoms with van der Waals surface area (Å²) in [5.74, 6) is -1.10. The third-order valence-electron chi connectivity index (χ3n) is 7.62. The van der Waals surface area contributed by atoms with E-state index >= 15 is 0 Å². The highest BCUT2D eigenvalue weighted by molar-refractivity contribution is 7.92. The summed E-state index contributed by atoms with van der Waals surface area (Å²) in [6.45, 7) is 8.22. The van der Waals surface area contributed by atoms with Crippen LogP contribution in [-0.2, 0) is 37.1 Å². The Labute approximate surface area is 290 Å². The maximum atomic E-state index is 13.1. The van der Waals surface area contributed by atoms with Gasteiger partial charge in [0.2, 0.25) is 0 Å². The zero-order valence-electron chi connectivity index (χ0n) is 28.8. The number of aromatic nitrogens is 1. The second-order valence-electron chi connectivity index (χ2n) is 13.0. The molecule has 4 rings (SSSR count). The third kappa shape index (κ3) is 9.62. The van der Waals surface area contributed by atoms with Gasteiger partial charge in [-0.25, -0.2) is 22.8 Å². The number of amides is 2. The van der Waals surface area contributed by atoms with Crippen molar-refractivity contribution in [1.29, 1.82) is 0 Å². The summed E-state index contributed by atoms with van der Waals surface area (Å²) in [5.41, 5.74) is 1.31. The minimum atomic E-state index is -3.71. The van der Waals surface area contributed by atoms with E-state index in [4.69, 9.17) is 9.47 Å². The van der Waals surface area contributed by atoms with Gasteiger partial charge in [-0.2, -0.15) is 0 Å². The second-order valence-corrected chi connectivity index (χ2v) is 15.5. The monoisotopic (exact) mass is 706 g/mol. The molecule has 0 fully saturated rings. The van der Waals surface area contributed by atoms with E-state index in [9.17, 15) is 32.7 Å². The lowest BCUT2D eigenvalue weighted by Gasteiger charge is -2.25. The highest BCUT2D eigenvalue weighted by Gasteiger charge is 2.26. The number of carbonyl (C=O) groups excluding carboxylic acids is 2. The zero-order valence-corrected chi connectivity index (χ0v) is 29.6. The Morgan fingerprint density at radius 3 is 2.28 bits per heavy atom. The number of carboxylic acids is 1. The standard InChI is InChI=1S/C36H42N4O9S/c1-22(2)50(46,47)30-14-13-27(19-26(30)21-40(6)35(45)49-36(3,4)5)39-34(44)48-18-16-23-7-9-25(10-8-23)31(33(42)43)38-28-12-11-24-15-17-37-32(41)29(24)20-28/h7-15,17,19-20,22,31,38H,16,18,21H2,1-6H3,(H,37,41)(H,39,44)(H,42,43). The van der Waals surface area contributed by atoms with E-state index in [0.717, 1.165) is 10.9 Å². The van der Waals surface area contributed by atoms with E-state index in [-0.39, 0.29) is 29.3 Å². The van der Waals surface area contributed by atoms with Crippen molar-refractivity contribution in [2.24, 2.45) is 0 Å². The number of nitrogens with one attached hydrogen (secondary N) is 3. The number of carbonyl (C=O) groups is 3. The summed E-state index contributed by atoms with van der Waals surface area (Å²) in [6, 6.07) is 16.9. The van der Waals surface area contributed by atoms with Gasteiger partial charge in [0.15, 0.2) is 15.9 Å². The molecule has 4 aromatic rings. The number of carboxylic acid groups (broad SMARTS) is 1. The van der Waals surface area contributed by atoms with Crippen LogP contribution >= 0.6 is 0 Å². The Bertz CT molecular complexity index is 2040. The average Bonchev–Trinajstić information content (AvgIpc) is 3.03. The Morgan fingerprint density at radius 1 is 0.960 bits per heavy atom. The normalized spacial score (nSPS) is 12.3. The van der Waals surface area contributed by atoms with Gasteiger partial charge in [0.05, 0.1) is 23.3 Å². The molecule has 0 saturated heterocycles. The molecule has 1 heterocycles. The van der Waals surface area contributed by atoms with Gasteiger partial charge in [0.1, 0.15) is 5.60 Å². The van der Waals surface area contributed by atoms with E-state index in [1.165, 1.54) is 30.1 Å². The van der Waals surface area contributed by atoms with Gasteiger partial charge >= 0.3 is 18.2 Å². The first-order chi connectivity index (χ1) is 23.4. The number of anilines is 2. The predicted molar refractivity (Wildman–Crippen MR) is 190 cm³/mol. The van der Waals surface area contributed by atoms with Crippen molar-refractivity contribution >= 4 is 50.1 Å². The minimum Gasteiger partial charge on any atom is -0.479 e. The number of aliphatic carboxylic acids is 1. The topological polar surface area (TPSA) is 184 Å². The highest BCUT2D eigenvalue weighted by atomic mass is 32.2. The van der Waals surface area contributed by atoms with E-state index in [1.807, 2.05) is 0 Å². The SMILES string of the molecule is CC(C)S(=O)(=O)c1ccc(NC(=O)OCCc2ccc(C(Nc3ccc4cc[nH]c(=O)c4c3)C(=O)O)cc2)cc1CN(C)C(=O)OC(C)(C)C. The first kappa shape index (κ1) is 37.4. The van der Waals surface area contributed by atoms with Gasteiger partial charge in [-0.3, -0.25) is 10.1 Å². The number of hydrogen-bond acceptors (Lipinski definition) is 9. The van der Waals surface area contributed by atoms with Gasteiger partial charge < -0.3 is 29.8 Å². The maximum absolute atomic E-state index is 13.1. The van der Waals surface area contributed by atoms with Crippen molar-refractivity contribution in [1.82, 2.24) is 9.88 Å². The van der Waals surface area contributed by atoms with E-state index in [2.05, 4.69) is 15.6 Å². The Hall–Kier alpha value is -5.37. The molecule has 0 spiro atoms. The lowest BCUT2D eigenvalue weighted by Crippen LogP contribution is -2.34. The fourth-order valence-electron chi connectivity index (χ4n) is 4.99. The summed E-state index contributed by atoms with van der Waals surface area (Å²) in [7, 11) is -2.22. The number of sulfone groups is 1. The Kier molecular flexibility index (Phi) is 11.6. The molecule has 0 saturated carbocycles. The molecule has 1 aromatic heterocycles. The summed E-state index contributed by atoms with van der Waals surface area (Å²) in [5, 5.41) is 15.9. The van der Waals surface area contributed by atoms with Gasteiger partial charge in [0.25, 0.3) is 5.56 Å². The molecule has 3 aromatic carbocycles. The van der Waals surface area contributed by atoms with Crippen molar-refractivity contribution < 1.29 is 37.4 Å². The maximum Gasteiger partial charge on any atom is 0.411 e. The quantitative estimate of drug-likeness (QED) is 0.134. The van der Waals surface area contributed by atoms with Crippen LogP contribution in [0.5, 0.6) is 0 Å². The molecule has 4 N–H and O–H groups in total. The molecule has 0 aliphatic carbocycles. The number of pyridine rings is 1. The number of benzene rings is 3. The largest absolute Gasteiger partial charge is 0.479 e.